The van der Waals surface area contributed by atoms with Gasteiger partial charge in [-0.2, -0.15) is 0 Å². The zero-order chi connectivity index (χ0) is 22.6. The van der Waals surface area contributed by atoms with E-state index in [2.05, 4.69) is 17.4 Å². The summed E-state index contributed by atoms with van der Waals surface area (Å²) in [5, 5.41) is 2.89. The summed E-state index contributed by atoms with van der Waals surface area (Å²) >= 11 is 0. The zero-order valence-corrected chi connectivity index (χ0v) is 18.2. The van der Waals surface area contributed by atoms with Gasteiger partial charge in [-0.25, -0.2) is 9.59 Å². The first kappa shape index (κ1) is 23.9. The first-order valence-corrected chi connectivity index (χ1v) is 10.4. The Balaban J connectivity index is 1.96. The van der Waals surface area contributed by atoms with Crippen LogP contribution in [-0.2, 0) is 20.7 Å². The molecule has 2 aromatic rings. The van der Waals surface area contributed by atoms with Gasteiger partial charge in [-0.1, -0.05) is 30.3 Å². The lowest BCUT2D eigenvalue weighted by atomic mass is 10.1. The normalized spacial score (nSPS) is 11.3. The Morgan fingerprint density at radius 1 is 0.903 bits per heavy atom. The predicted molar refractivity (Wildman–Crippen MR) is 116 cm³/mol. The molecular weight excluding hydrogens is 398 g/mol. The summed E-state index contributed by atoms with van der Waals surface area (Å²) in [5.41, 5.74) is 1.51. The quantitative estimate of drug-likeness (QED) is 0.552. The molecule has 7 nitrogen and oxygen atoms in total. The molecule has 0 aliphatic carbocycles. The van der Waals surface area contributed by atoms with E-state index in [0.29, 0.717) is 0 Å². The first-order valence-electron chi connectivity index (χ1n) is 10.4. The lowest BCUT2D eigenvalue weighted by Crippen LogP contribution is -2.36. The first-order chi connectivity index (χ1) is 14.9. The van der Waals surface area contributed by atoms with E-state index in [1.165, 1.54) is 23.8 Å². The van der Waals surface area contributed by atoms with Crippen molar-refractivity contribution in [1.82, 2.24) is 5.32 Å². The van der Waals surface area contributed by atoms with E-state index < -0.39 is 11.9 Å². The van der Waals surface area contributed by atoms with Gasteiger partial charge in [0.1, 0.15) is 5.75 Å². The number of esters is 2. The van der Waals surface area contributed by atoms with Gasteiger partial charge in [-0.15, -0.1) is 0 Å². The van der Waals surface area contributed by atoms with Gasteiger partial charge >= 0.3 is 11.9 Å². The van der Waals surface area contributed by atoms with Crippen LogP contribution in [0.4, 0.5) is 0 Å². The van der Waals surface area contributed by atoms with Crippen molar-refractivity contribution < 1.29 is 28.6 Å². The lowest BCUT2D eigenvalue weighted by molar-refractivity contribution is -0.123. The Morgan fingerprint density at radius 2 is 1.48 bits per heavy atom. The average molecular weight is 427 g/mol. The summed E-state index contributed by atoms with van der Waals surface area (Å²) in [7, 11) is 0. The fourth-order valence-corrected chi connectivity index (χ4v) is 2.91. The Labute approximate surface area is 182 Å². The topological polar surface area (TPSA) is 90.9 Å². The Bertz CT molecular complexity index is 845. The number of aryl methyl sites for hydroxylation is 1. The SMILES string of the molecule is CCOC(=O)c1cc(OCC(=O)N[C@H](C)CCc2ccccc2)cc(C(=O)OCC)c1. The van der Waals surface area contributed by atoms with Crippen LogP contribution in [0.2, 0.25) is 0 Å². The number of benzene rings is 2. The maximum atomic E-state index is 12.3. The van der Waals surface area contributed by atoms with Gasteiger partial charge in [0.25, 0.3) is 5.91 Å². The smallest absolute Gasteiger partial charge is 0.338 e. The number of carbonyl (C=O) groups is 3. The number of ether oxygens (including phenoxy) is 3. The molecule has 2 rings (SSSR count). The molecule has 0 aromatic heterocycles. The minimum atomic E-state index is -0.586. The molecule has 1 atom stereocenters. The monoisotopic (exact) mass is 427 g/mol. The van der Waals surface area contributed by atoms with Crippen LogP contribution in [0.3, 0.4) is 0 Å². The number of carbonyl (C=O) groups excluding carboxylic acids is 3. The minimum Gasteiger partial charge on any atom is -0.484 e. The lowest BCUT2D eigenvalue weighted by Gasteiger charge is -2.15. The van der Waals surface area contributed by atoms with Crippen LogP contribution in [0.25, 0.3) is 0 Å². The van der Waals surface area contributed by atoms with Crippen LogP contribution in [0, 0.1) is 0 Å². The average Bonchev–Trinajstić information content (AvgIpc) is 2.77. The van der Waals surface area contributed by atoms with E-state index in [1.54, 1.807) is 13.8 Å². The number of hydrogen-bond donors (Lipinski definition) is 1. The molecule has 0 fully saturated rings. The van der Waals surface area contributed by atoms with Crippen molar-refractivity contribution in [3.05, 3.63) is 65.2 Å². The van der Waals surface area contributed by atoms with Gasteiger partial charge in [0.15, 0.2) is 6.61 Å². The van der Waals surface area contributed by atoms with Crippen molar-refractivity contribution in [2.24, 2.45) is 0 Å². The van der Waals surface area contributed by atoms with E-state index in [-0.39, 0.29) is 48.6 Å². The highest BCUT2D eigenvalue weighted by molar-refractivity contribution is 5.96. The van der Waals surface area contributed by atoms with E-state index >= 15 is 0 Å². The number of rotatable bonds is 11. The molecule has 31 heavy (non-hydrogen) atoms. The molecule has 0 aliphatic heterocycles. The molecule has 0 heterocycles. The van der Waals surface area contributed by atoms with Gasteiger partial charge in [-0.05, 0) is 57.4 Å². The molecule has 0 saturated carbocycles. The van der Waals surface area contributed by atoms with E-state index in [0.717, 1.165) is 12.8 Å². The number of nitrogens with one attached hydrogen (secondary N) is 1. The molecule has 1 amide bonds. The van der Waals surface area contributed by atoms with Crippen molar-refractivity contribution in [3.8, 4) is 5.75 Å². The van der Waals surface area contributed by atoms with Crippen LogP contribution >= 0.6 is 0 Å². The maximum absolute atomic E-state index is 12.3. The fraction of sp³-hybridized carbons (Fsp3) is 0.375. The van der Waals surface area contributed by atoms with Crippen LogP contribution < -0.4 is 10.1 Å². The Kier molecular flexibility index (Phi) is 9.55. The largest absolute Gasteiger partial charge is 0.484 e. The maximum Gasteiger partial charge on any atom is 0.338 e. The molecule has 166 valence electrons. The molecule has 0 spiro atoms. The van der Waals surface area contributed by atoms with Crippen LogP contribution in [0.15, 0.2) is 48.5 Å². The Hall–Kier alpha value is -3.35. The van der Waals surface area contributed by atoms with E-state index in [4.69, 9.17) is 14.2 Å². The molecule has 2 aromatic carbocycles. The summed E-state index contributed by atoms with van der Waals surface area (Å²) in [5.74, 6) is -1.25. The highest BCUT2D eigenvalue weighted by atomic mass is 16.5. The molecule has 7 heteroatoms. The summed E-state index contributed by atoms with van der Waals surface area (Å²) in [6.07, 6.45) is 1.65. The van der Waals surface area contributed by atoms with Gasteiger partial charge in [-0.3, -0.25) is 4.79 Å². The third-order valence-electron chi connectivity index (χ3n) is 4.41. The van der Waals surface area contributed by atoms with Gasteiger partial charge in [0.2, 0.25) is 0 Å². The summed E-state index contributed by atoms with van der Waals surface area (Å²) in [4.78, 5) is 36.4. The fourth-order valence-electron chi connectivity index (χ4n) is 2.91. The molecule has 0 radical (unpaired) electrons. The Morgan fingerprint density at radius 3 is 2.03 bits per heavy atom. The standard InChI is InChI=1S/C24H29NO6/c1-4-29-23(27)19-13-20(24(28)30-5-2)15-21(14-19)31-16-22(26)25-17(3)11-12-18-9-7-6-8-10-18/h6-10,13-15,17H,4-5,11-12,16H2,1-3H3,(H,25,26)/t17-/m1/s1. The second kappa shape index (κ2) is 12.4. The van der Waals surface area contributed by atoms with Crippen molar-refractivity contribution in [1.29, 1.82) is 0 Å². The van der Waals surface area contributed by atoms with E-state index in [1.807, 2.05) is 25.1 Å². The van der Waals surface area contributed by atoms with E-state index in [9.17, 15) is 14.4 Å². The second-order valence-electron chi connectivity index (χ2n) is 6.97. The highest BCUT2D eigenvalue weighted by Gasteiger charge is 2.16. The molecule has 0 aliphatic rings. The zero-order valence-electron chi connectivity index (χ0n) is 18.2. The molecule has 0 saturated heterocycles. The molecular formula is C24H29NO6. The third kappa shape index (κ3) is 8.12. The predicted octanol–water partition coefficient (Wildman–Crippen LogP) is 3.56. The highest BCUT2D eigenvalue weighted by Crippen LogP contribution is 2.19. The molecule has 0 bridgehead atoms. The second-order valence-corrected chi connectivity index (χ2v) is 6.97. The van der Waals surface area contributed by atoms with Crippen molar-refractivity contribution in [2.45, 2.75) is 39.7 Å². The van der Waals surface area contributed by atoms with Crippen molar-refractivity contribution in [2.75, 3.05) is 19.8 Å². The molecule has 1 N–H and O–H groups in total. The van der Waals surface area contributed by atoms with Gasteiger partial charge in [0, 0.05) is 6.04 Å². The van der Waals surface area contributed by atoms with Crippen LogP contribution in [0.1, 0.15) is 53.5 Å². The van der Waals surface area contributed by atoms with Crippen LogP contribution in [-0.4, -0.2) is 43.7 Å². The van der Waals surface area contributed by atoms with Crippen molar-refractivity contribution in [3.63, 3.8) is 0 Å². The van der Waals surface area contributed by atoms with Gasteiger partial charge in [0.05, 0.1) is 24.3 Å². The number of amides is 1. The molecule has 0 unspecified atom stereocenters. The summed E-state index contributed by atoms with van der Waals surface area (Å²) < 4.78 is 15.5. The van der Waals surface area contributed by atoms with Gasteiger partial charge < -0.3 is 19.5 Å². The number of hydrogen-bond acceptors (Lipinski definition) is 6. The summed E-state index contributed by atoms with van der Waals surface area (Å²) in [6.45, 7) is 5.46. The van der Waals surface area contributed by atoms with Crippen molar-refractivity contribution >= 4 is 17.8 Å². The minimum absolute atomic E-state index is 0.0303. The summed E-state index contributed by atoms with van der Waals surface area (Å²) in [6, 6.07) is 14.3. The van der Waals surface area contributed by atoms with Crippen LogP contribution in [0.5, 0.6) is 5.75 Å². The third-order valence-corrected chi connectivity index (χ3v) is 4.41.